The topological polar surface area (TPSA) is 17.1 Å². The van der Waals surface area contributed by atoms with Crippen LogP contribution >= 0.6 is 27.3 Å². The monoisotopic (exact) mass is 244 g/mol. The van der Waals surface area contributed by atoms with E-state index in [1.54, 1.807) is 11.3 Å². The van der Waals surface area contributed by atoms with Crippen LogP contribution in [0.5, 0.6) is 0 Å². The summed E-state index contributed by atoms with van der Waals surface area (Å²) in [5, 5.41) is 4.80. The average molecular weight is 245 g/mol. The third-order valence-corrected chi connectivity index (χ3v) is 2.66. The molecular weight excluding hydrogens is 236 g/mol. The first-order valence-corrected chi connectivity index (χ1v) is 5.68. The van der Waals surface area contributed by atoms with Gasteiger partial charge in [-0.25, -0.2) is 0 Å². The zero-order chi connectivity index (χ0) is 8.81. The Kier molecular flexibility index (Phi) is 4.25. The highest BCUT2D eigenvalue weighted by Gasteiger charge is 1.96. The molecule has 0 aliphatic carbocycles. The molecule has 0 fully saturated rings. The molecule has 64 valence electrons. The van der Waals surface area contributed by atoms with Crippen molar-refractivity contribution in [1.82, 2.24) is 0 Å². The number of halogens is 1. The minimum Gasteiger partial charge on any atom is -0.298 e. The van der Waals surface area contributed by atoms with Crippen molar-refractivity contribution in [2.45, 2.75) is 6.42 Å². The lowest BCUT2D eigenvalue weighted by molar-refractivity contribution is 0.112. The summed E-state index contributed by atoms with van der Waals surface area (Å²) >= 11 is 4.89. The molecule has 0 aliphatic rings. The summed E-state index contributed by atoms with van der Waals surface area (Å²) in [5.74, 6) is 0. The predicted molar refractivity (Wildman–Crippen MR) is 57.2 cm³/mol. The lowest BCUT2D eigenvalue weighted by Gasteiger charge is -1.87. The van der Waals surface area contributed by atoms with Gasteiger partial charge >= 0.3 is 0 Å². The Hall–Kier alpha value is -0.410. The Bertz CT molecular complexity index is 278. The van der Waals surface area contributed by atoms with E-state index in [2.05, 4.69) is 22.0 Å². The third kappa shape index (κ3) is 2.57. The molecule has 0 atom stereocenters. The number of alkyl halides is 1. The van der Waals surface area contributed by atoms with Crippen molar-refractivity contribution in [3.05, 3.63) is 28.0 Å². The summed E-state index contributed by atoms with van der Waals surface area (Å²) in [6, 6.07) is 0. The molecule has 1 nitrogen and oxygen atoms in total. The summed E-state index contributed by atoms with van der Waals surface area (Å²) in [5.41, 5.74) is 1.81. The first kappa shape index (κ1) is 9.68. The SMILES string of the molecule is O=Cc1cscc1C=CCCBr. The molecule has 0 aliphatic heterocycles. The summed E-state index contributed by atoms with van der Waals surface area (Å²) in [7, 11) is 0. The second-order valence-electron chi connectivity index (χ2n) is 2.28. The van der Waals surface area contributed by atoms with Gasteiger partial charge in [0.05, 0.1) is 0 Å². The van der Waals surface area contributed by atoms with E-state index in [0.29, 0.717) is 0 Å². The quantitative estimate of drug-likeness (QED) is 0.587. The zero-order valence-corrected chi connectivity index (χ0v) is 8.90. The minimum absolute atomic E-state index is 0.783. The molecule has 12 heavy (non-hydrogen) atoms. The standard InChI is InChI=1S/C9H9BrOS/c10-4-2-1-3-8-6-12-7-9(8)5-11/h1,3,5-7H,2,4H2. The molecule has 0 bridgehead atoms. The number of carbonyl (C=O) groups excluding carboxylic acids is 1. The number of thiophene rings is 1. The van der Waals surface area contributed by atoms with Gasteiger partial charge in [0.1, 0.15) is 0 Å². The molecule has 0 spiro atoms. The highest BCUT2D eigenvalue weighted by Crippen LogP contribution is 2.14. The van der Waals surface area contributed by atoms with Crippen LogP contribution in [0.2, 0.25) is 0 Å². The number of carbonyl (C=O) groups is 1. The van der Waals surface area contributed by atoms with Crippen molar-refractivity contribution in [1.29, 1.82) is 0 Å². The van der Waals surface area contributed by atoms with Crippen molar-refractivity contribution in [2.75, 3.05) is 5.33 Å². The molecule has 1 heterocycles. The highest BCUT2D eigenvalue weighted by molar-refractivity contribution is 9.09. The van der Waals surface area contributed by atoms with Crippen molar-refractivity contribution in [3.63, 3.8) is 0 Å². The molecule has 0 saturated carbocycles. The normalized spacial score (nSPS) is 10.8. The number of aldehydes is 1. The van der Waals surface area contributed by atoms with Gasteiger partial charge in [-0.1, -0.05) is 28.1 Å². The summed E-state index contributed by atoms with van der Waals surface area (Å²) in [4.78, 5) is 10.5. The van der Waals surface area contributed by atoms with Gasteiger partial charge in [-0.15, -0.1) is 0 Å². The molecule has 0 aromatic carbocycles. The molecule has 1 aromatic heterocycles. The Morgan fingerprint density at radius 1 is 1.42 bits per heavy atom. The lowest BCUT2D eigenvalue weighted by Crippen LogP contribution is -1.77. The fourth-order valence-electron chi connectivity index (χ4n) is 0.821. The highest BCUT2D eigenvalue weighted by atomic mass is 79.9. The molecule has 0 unspecified atom stereocenters. The Morgan fingerprint density at radius 2 is 2.17 bits per heavy atom. The lowest BCUT2D eigenvalue weighted by atomic mass is 10.2. The van der Waals surface area contributed by atoms with Gasteiger partial charge in [0, 0.05) is 16.3 Å². The maximum Gasteiger partial charge on any atom is 0.151 e. The van der Waals surface area contributed by atoms with Crippen molar-refractivity contribution in [3.8, 4) is 0 Å². The second-order valence-corrected chi connectivity index (χ2v) is 3.82. The summed E-state index contributed by atoms with van der Waals surface area (Å²) in [6.45, 7) is 0. The van der Waals surface area contributed by atoms with Gasteiger partial charge in [0.25, 0.3) is 0 Å². The van der Waals surface area contributed by atoms with E-state index >= 15 is 0 Å². The van der Waals surface area contributed by atoms with Gasteiger partial charge in [0.2, 0.25) is 0 Å². The van der Waals surface area contributed by atoms with Gasteiger partial charge in [-0.05, 0) is 17.4 Å². The maximum atomic E-state index is 10.5. The third-order valence-electron chi connectivity index (χ3n) is 1.42. The number of allylic oxidation sites excluding steroid dienone is 1. The van der Waals surface area contributed by atoms with Crippen LogP contribution in [0.1, 0.15) is 22.3 Å². The molecule has 0 N–H and O–H groups in total. The average Bonchev–Trinajstić information content (AvgIpc) is 2.52. The fraction of sp³-hybridized carbons (Fsp3) is 0.222. The van der Waals surface area contributed by atoms with Gasteiger partial charge < -0.3 is 0 Å². The Morgan fingerprint density at radius 3 is 2.83 bits per heavy atom. The Balaban J connectivity index is 2.67. The predicted octanol–water partition coefficient (Wildman–Crippen LogP) is 3.36. The zero-order valence-electron chi connectivity index (χ0n) is 6.50. The second kappa shape index (κ2) is 5.27. The fourth-order valence-corrected chi connectivity index (χ4v) is 1.85. The van der Waals surface area contributed by atoms with Crippen LogP contribution in [0.15, 0.2) is 16.8 Å². The van der Waals surface area contributed by atoms with Crippen LogP contribution in [0.4, 0.5) is 0 Å². The van der Waals surface area contributed by atoms with E-state index in [9.17, 15) is 4.79 Å². The van der Waals surface area contributed by atoms with Crippen LogP contribution in [0.25, 0.3) is 6.08 Å². The molecule has 3 heteroatoms. The summed E-state index contributed by atoms with van der Waals surface area (Å²) < 4.78 is 0. The van der Waals surface area contributed by atoms with E-state index in [-0.39, 0.29) is 0 Å². The van der Waals surface area contributed by atoms with Crippen molar-refractivity contribution < 1.29 is 4.79 Å². The van der Waals surface area contributed by atoms with Gasteiger partial charge in [0.15, 0.2) is 6.29 Å². The van der Waals surface area contributed by atoms with Crippen LogP contribution < -0.4 is 0 Å². The molecule has 1 rings (SSSR count). The van der Waals surface area contributed by atoms with E-state index in [4.69, 9.17) is 0 Å². The number of hydrogen-bond donors (Lipinski definition) is 0. The largest absolute Gasteiger partial charge is 0.298 e. The van der Waals surface area contributed by atoms with E-state index in [1.165, 1.54) is 0 Å². The van der Waals surface area contributed by atoms with E-state index in [0.717, 1.165) is 29.2 Å². The van der Waals surface area contributed by atoms with E-state index in [1.807, 2.05) is 16.8 Å². The number of rotatable bonds is 4. The van der Waals surface area contributed by atoms with Crippen LogP contribution in [-0.2, 0) is 0 Å². The maximum absolute atomic E-state index is 10.5. The van der Waals surface area contributed by atoms with Gasteiger partial charge in [-0.3, -0.25) is 4.79 Å². The van der Waals surface area contributed by atoms with Crippen LogP contribution in [-0.4, -0.2) is 11.6 Å². The van der Waals surface area contributed by atoms with Crippen molar-refractivity contribution in [2.24, 2.45) is 0 Å². The Labute approximate surface area is 84.2 Å². The molecule has 1 aromatic rings. The molecule has 0 radical (unpaired) electrons. The van der Waals surface area contributed by atoms with Crippen molar-refractivity contribution >= 4 is 39.6 Å². The van der Waals surface area contributed by atoms with E-state index < -0.39 is 0 Å². The van der Waals surface area contributed by atoms with Crippen LogP contribution in [0, 0.1) is 0 Å². The first-order chi connectivity index (χ1) is 5.88. The first-order valence-electron chi connectivity index (χ1n) is 3.62. The smallest absolute Gasteiger partial charge is 0.151 e. The van der Waals surface area contributed by atoms with Crippen LogP contribution in [0.3, 0.4) is 0 Å². The minimum atomic E-state index is 0.783. The number of hydrogen-bond acceptors (Lipinski definition) is 2. The molecule has 0 amide bonds. The molecular formula is C9H9BrOS. The summed E-state index contributed by atoms with van der Waals surface area (Å²) in [6.07, 6.45) is 5.93. The molecule has 0 saturated heterocycles. The van der Waals surface area contributed by atoms with Gasteiger partial charge in [-0.2, -0.15) is 11.3 Å².